The van der Waals surface area contributed by atoms with Gasteiger partial charge < -0.3 is 15.6 Å². The van der Waals surface area contributed by atoms with Crippen molar-refractivity contribution in [3.05, 3.63) is 64.7 Å². The number of anilines is 1. The largest absolute Gasteiger partial charge is 0.369 e. The maximum absolute atomic E-state index is 14.1. The van der Waals surface area contributed by atoms with Gasteiger partial charge in [-0.3, -0.25) is 4.98 Å². The van der Waals surface area contributed by atoms with Crippen molar-refractivity contribution in [2.24, 2.45) is 5.73 Å². The first-order valence-corrected chi connectivity index (χ1v) is 10.3. The van der Waals surface area contributed by atoms with E-state index < -0.39 is 5.82 Å². The highest BCUT2D eigenvalue weighted by molar-refractivity contribution is 6.31. The number of imidazole rings is 1. The molecule has 0 bridgehead atoms. The van der Waals surface area contributed by atoms with Crippen molar-refractivity contribution in [3.8, 4) is 22.5 Å². The van der Waals surface area contributed by atoms with E-state index in [4.69, 9.17) is 33.9 Å². The highest BCUT2D eigenvalue weighted by Gasteiger charge is 2.26. The number of nitrogens with zero attached hydrogens (tertiary/aromatic N) is 3. The number of rotatable bonds is 3. The van der Waals surface area contributed by atoms with Crippen molar-refractivity contribution in [1.82, 2.24) is 15.0 Å². The number of hydrogen-bond acceptors (Lipinski definition) is 4. The number of aromatic amines is 1. The van der Waals surface area contributed by atoms with Gasteiger partial charge in [-0.05, 0) is 48.4 Å². The molecule has 0 radical (unpaired) electrons. The number of nitrogens with one attached hydrogen (secondary N) is 1. The Labute approximate surface area is 182 Å². The lowest BCUT2D eigenvalue weighted by Crippen LogP contribution is -2.27. The molecular formula is C22H18Cl2FN5. The molecule has 3 heterocycles. The zero-order valence-corrected chi connectivity index (χ0v) is 17.4. The topological polar surface area (TPSA) is 70.8 Å². The fraction of sp³-hybridized carbons (Fsp3) is 0.182. The number of hydrogen-bond donors (Lipinski definition) is 2. The second-order valence-corrected chi connectivity index (χ2v) is 8.36. The molecule has 3 N–H and O–H groups in total. The average molecular weight is 442 g/mol. The van der Waals surface area contributed by atoms with Crippen LogP contribution in [0.1, 0.15) is 6.42 Å². The van der Waals surface area contributed by atoms with Crippen molar-refractivity contribution >= 4 is 39.9 Å². The molecular weight excluding hydrogens is 424 g/mol. The van der Waals surface area contributed by atoms with Crippen molar-refractivity contribution in [3.63, 3.8) is 0 Å². The summed E-state index contributed by atoms with van der Waals surface area (Å²) in [7, 11) is 0. The van der Waals surface area contributed by atoms with Crippen LogP contribution >= 0.6 is 23.2 Å². The van der Waals surface area contributed by atoms with Crippen molar-refractivity contribution in [1.29, 1.82) is 0 Å². The molecule has 30 heavy (non-hydrogen) atoms. The smallest absolute Gasteiger partial charge is 0.142 e. The zero-order valence-electron chi connectivity index (χ0n) is 15.9. The summed E-state index contributed by atoms with van der Waals surface area (Å²) in [6.07, 6.45) is 4.37. The van der Waals surface area contributed by atoms with E-state index in [1.807, 2.05) is 18.2 Å². The van der Waals surface area contributed by atoms with Gasteiger partial charge >= 0.3 is 0 Å². The highest BCUT2D eigenvalue weighted by Crippen LogP contribution is 2.40. The molecule has 1 aliphatic rings. The summed E-state index contributed by atoms with van der Waals surface area (Å²) in [5, 5.41) is 0.949. The fourth-order valence-corrected chi connectivity index (χ4v) is 4.37. The van der Waals surface area contributed by atoms with Crippen LogP contribution in [0, 0.1) is 5.82 Å². The number of halogens is 3. The Bertz CT molecular complexity index is 1240. The lowest BCUT2D eigenvalue weighted by atomic mass is 10.0. The average Bonchev–Trinajstić information content (AvgIpc) is 3.32. The minimum Gasteiger partial charge on any atom is -0.369 e. The highest BCUT2D eigenvalue weighted by atomic mass is 35.5. The van der Waals surface area contributed by atoms with Gasteiger partial charge in [-0.25, -0.2) is 9.37 Å². The summed E-state index contributed by atoms with van der Waals surface area (Å²) >= 11 is 12.3. The first kappa shape index (κ1) is 19.3. The monoisotopic (exact) mass is 441 g/mol. The fourth-order valence-electron chi connectivity index (χ4n) is 3.99. The van der Waals surface area contributed by atoms with E-state index in [-0.39, 0.29) is 6.04 Å². The molecule has 0 spiro atoms. The molecule has 8 heteroatoms. The molecule has 2 aromatic heterocycles. The molecule has 5 nitrogen and oxygen atoms in total. The third-order valence-corrected chi connectivity index (χ3v) is 5.79. The van der Waals surface area contributed by atoms with Crippen LogP contribution in [0.5, 0.6) is 0 Å². The third-order valence-electron chi connectivity index (χ3n) is 5.33. The molecule has 0 aliphatic carbocycles. The van der Waals surface area contributed by atoms with Crippen LogP contribution in [-0.2, 0) is 0 Å². The molecule has 152 valence electrons. The minimum atomic E-state index is -0.398. The standard InChI is InChI=1S/C22H18Cl2FN5/c23-13-1-2-19-20(8-13)29-22(28-19)18-10-27-9-17(12-5-14(24)7-15(25)6-12)21(18)30-4-3-16(26)11-30/h1-2,5-10,16H,3-4,11,26H2,(H,28,29)/t16-/m0/s1. The molecule has 1 aliphatic heterocycles. The van der Waals surface area contributed by atoms with E-state index in [9.17, 15) is 4.39 Å². The van der Waals surface area contributed by atoms with Crippen LogP contribution in [0.4, 0.5) is 10.1 Å². The van der Waals surface area contributed by atoms with E-state index in [1.54, 1.807) is 18.5 Å². The number of fused-ring (bicyclic) bond motifs is 1. The predicted molar refractivity (Wildman–Crippen MR) is 120 cm³/mol. The van der Waals surface area contributed by atoms with E-state index in [2.05, 4.69) is 14.9 Å². The van der Waals surface area contributed by atoms with Crippen molar-refractivity contribution < 1.29 is 4.39 Å². The molecule has 0 amide bonds. The van der Waals surface area contributed by atoms with Crippen molar-refractivity contribution in [2.45, 2.75) is 12.5 Å². The summed E-state index contributed by atoms with van der Waals surface area (Å²) in [5.74, 6) is 0.268. The first-order valence-electron chi connectivity index (χ1n) is 9.58. The van der Waals surface area contributed by atoms with Gasteiger partial charge in [0.2, 0.25) is 0 Å². The molecule has 5 rings (SSSR count). The van der Waals surface area contributed by atoms with E-state index in [0.29, 0.717) is 28.0 Å². The van der Waals surface area contributed by atoms with Gasteiger partial charge in [-0.1, -0.05) is 23.2 Å². The molecule has 1 saturated heterocycles. The quantitative estimate of drug-likeness (QED) is 0.453. The van der Waals surface area contributed by atoms with Crippen LogP contribution in [0.2, 0.25) is 10.0 Å². The molecule has 1 atom stereocenters. The van der Waals surface area contributed by atoms with Gasteiger partial charge in [-0.2, -0.15) is 0 Å². The van der Waals surface area contributed by atoms with Gasteiger partial charge in [0.25, 0.3) is 0 Å². The summed E-state index contributed by atoms with van der Waals surface area (Å²) in [6, 6.07) is 10.1. The van der Waals surface area contributed by atoms with E-state index in [0.717, 1.165) is 40.8 Å². The molecule has 0 saturated carbocycles. The normalized spacial score (nSPS) is 16.5. The number of H-pyrrole nitrogens is 1. The van der Waals surface area contributed by atoms with Crippen LogP contribution < -0.4 is 10.6 Å². The van der Waals surface area contributed by atoms with Gasteiger partial charge in [0.15, 0.2) is 0 Å². The molecule has 2 aromatic carbocycles. The lowest BCUT2D eigenvalue weighted by molar-refractivity contribution is 0.628. The lowest BCUT2D eigenvalue weighted by Gasteiger charge is -2.24. The maximum atomic E-state index is 14.1. The van der Waals surface area contributed by atoms with Gasteiger partial charge in [0, 0.05) is 47.1 Å². The van der Waals surface area contributed by atoms with Gasteiger partial charge in [0.05, 0.1) is 22.3 Å². The van der Waals surface area contributed by atoms with E-state index in [1.165, 1.54) is 12.1 Å². The summed E-state index contributed by atoms with van der Waals surface area (Å²) in [6.45, 7) is 1.49. The Morgan fingerprint density at radius 1 is 1.07 bits per heavy atom. The maximum Gasteiger partial charge on any atom is 0.142 e. The summed E-state index contributed by atoms with van der Waals surface area (Å²) in [5.41, 5.74) is 11.0. The van der Waals surface area contributed by atoms with Crippen LogP contribution in [0.3, 0.4) is 0 Å². The second kappa shape index (κ2) is 7.54. The Morgan fingerprint density at radius 2 is 1.90 bits per heavy atom. The first-order chi connectivity index (χ1) is 14.5. The number of aromatic nitrogens is 3. The Hall–Kier alpha value is -2.67. The minimum absolute atomic E-state index is 0.0736. The molecule has 4 aromatic rings. The van der Waals surface area contributed by atoms with Crippen LogP contribution in [-0.4, -0.2) is 34.1 Å². The van der Waals surface area contributed by atoms with Crippen molar-refractivity contribution in [2.75, 3.05) is 18.0 Å². The molecule has 0 unspecified atom stereocenters. The Kier molecular flexibility index (Phi) is 4.85. The Morgan fingerprint density at radius 3 is 2.67 bits per heavy atom. The SMILES string of the molecule is N[C@H]1CCN(c2c(-c3cc(F)cc(Cl)c3)cncc2-c2nc3cc(Cl)ccc3[nH]2)C1. The Balaban J connectivity index is 1.74. The van der Waals surface area contributed by atoms with Crippen LogP contribution in [0.15, 0.2) is 48.8 Å². The van der Waals surface area contributed by atoms with E-state index >= 15 is 0 Å². The number of pyridine rings is 1. The number of benzene rings is 2. The number of nitrogens with two attached hydrogens (primary N) is 1. The van der Waals surface area contributed by atoms with Crippen LogP contribution in [0.25, 0.3) is 33.5 Å². The molecule has 1 fully saturated rings. The zero-order chi connectivity index (χ0) is 20.8. The predicted octanol–water partition coefficient (Wildman–Crippen LogP) is 5.28. The summed E-state index contributed by atoms with van der Waals surface area (Å²) < 4.78 is 14.1. The van der Waals surface area contributed by atoms with Gasteiger partial charge in [0.1, 0.15) is 11.6 Å². The summed E-state index contributed by atoms with van der Waals surface area (Å²) in [4.78, 5) is 14.7. The third kappa shape index (κ3) is 3.51. The second-order valence-electron chi connectivity index (χ2n) is 7.48. The van der Waals surface area contributed by atoms with Gasteiger partial charge in [-0.15, -0.1) is 0 Å².